The Morgan fingerprint density at radius 1 is 1.27 bits per heavy atom. The first kappa shape index (κ1) is 19.5. The number of thioether (sulfide) groups is 1. The minimum absolute atomic E-state index is 0.0260. The van der Waals surface area contributed by atoms with E-state index >= 15 is 0 Å². The summed E-state index contributed by atoms with van der Waals surface area (Å²) in [6.45, 7) is 7.07. The van der Waals surface area contributed by atoms with Crippen LogP contribution in [0, 0.1) is 5.41 Å². The molecule has 3 rings (SSSR count). The van der Waals surface area contributed by atoms with Gasteiger partial charge in [0.25, 0.3) is 0 Å². The lowest BCUT2D eigenvalue weighted by Gasteiger charge is -2.40. The smallest absolute Gasteiger partial charge is 0.413 e. The van der Waals surface area contributed by atoms with Crippen LogP contribution in [0.15, 0.2) is 10.7 Å². The Morgan fingerprint density at radius 3 is 2.73 bits per heavy atom. The number of esters is 1. The normalized spacial score (nSPS) is 26.3. The fourth-order valence-electron chi connectivity index (χ4n) is 2.97. The lowest BCUT2D eigenvalue weighted by molar-refractivity contribution is -0.287. The van der Waals surface area contributed by atoms with Gasteiger partial charge in [-0.25, -0.2) is 4.79 Å². The molecule has 26 heavy (non-hydrogen) atoms. The Morgan fingerprint density at radius 2 is 2.00 bits per heavy atom. The molecule has 0 aromatic carbocycles. The molecular formula is C18H27NO6S. The first-order valence-corrected chi connectivity index (χ1v) is 10.0. The summed E-state index contributed by atoms with van der Waals surface area (Å²) >= 11 is 1.72. The van der Waals surface area contributed by atoms with Crippen LogP contribution in [0.3, 0.4) is 0 Å². The molecule has 2 saturated heterocycles. The molecule has 0 spiro atoms. The van der Waals surface area contributed by atoms with E-state index in [-0.39, 0.29) is 23.5 Å². The van der Waals surface area contributed by atoms with Crippen LogP contribution in [0.4, 0.5) is 4.79 Å². The van der Waals surface area contributed by atoms with Crippen molar-refractivity contribution in [3.05, 3.63) is 10.7 Å². The highest BCUT2D eigenvalue weighted by molar-refractivity contribution is 8.03. The SMILES string of the molecule is CC1(COC(=O)CCCCC2=C3OC(=O)N[C@H]3CS2)COC(C)(C)OC1. The third kappa shape index (κ3) is 4.92. The summed E-state index contributed by atoms with van der Waals surface area (Å²) < 4.78 is 21.9. The van der Waals surface area contributed by atoms with Gasteiger partial charge in [-0.05, 0) is 33.1 Å². The van der Waals surface area contributed by atoms with E-state index in [1.54, 1.807) is 11.8 Å². The minimum atomic E-state index is -0.570. The van der Waals surface area contributed by atoms with Crippen LogP contribution in [0.2, 0.25) is 0 Å². The van der Waals surface area contributed by atoms with Crippen molar-refractivity contribution in [1.82, 2.24) is 5.32 Å². The largest absolute Gasteiger partial charge is 0.465 e. The van der Waals surface area contributed by atoms with Gasteiger partial charge in [0.15, 0.2) is 5.79 Å². The van der Waals surface area contributed by atoms with Gasteiger partial charge >= 0.3 is 12.1 Å². The Labute approximate surface area is 158 Å². The van der Waals surface area contributed by atoms with Crippen LogP contribution >= 0.6 is 11.8 Å². The number of alkyl carbamates (subject to hydrolysis) is 1. The number of carbonyl (C=O) groups is 2. The number of carbonyl (C=O) groups excluding carboxylic acids is 2. The molecule has 146 valence electrons. The van der Waals surface area contributed by atoms with E-state index in [4.69, 9.17) is 18.9 Å². The highest BCUT2D eigenvalue weighted by Gasteiger charge is 2.38. The molecule has 3 aliphatic rings. The van der Waals surface area contributed by atoms with Gasteiger partial charge in [-0.2, -0.15) is 0 Å². The Kier molecular flexibility index (Phi) is 5.84. The first-order chi connectivity index (χ1) is 12.3. The summed E-state index contributed by atoms with van der Waals surface area (Å²) in [5.74, 6) is 0.841. The summed E-state index contributed by atoms with van der Waals surface area (Å²) in [6.07, 6.45) is 2.46. The lowest BCUT2D eigenvalue weighted by atomic mass is 9.93. The zero-order valence-corrected chi connectivity index (χ0v) is 16.4. The van der Waals surface area contributed by atoms with E-state index in [2.05, 4.69) is 5.32 Å². The van der Waals surface area contributed by atoms with Gasteiger partial charge in [0.1, 0.15) is 18.4 Å². The molecule has 0 unspecified atom stereocenters. The molecule has 8 heteroatoms. The standard InChI is InChI=1S/C18H27NO6S/c1-17(2)23-10-18(3,11-24-17)9-22-14(20)7-5-4-6-13-15-12(8-26-13)19-16(21)25-15/h12H,4-11H2,1-3H3,(H,19,21)/t12-/m0/s1. The van der Waals surface area contributed by atoms with Crippen LogP contribution in [-0.4, -0.2) is 49.5 Å². The van der Waals surface area contributed by atoms with Gasteiger partial charge in [0, 0.05) is 22.5 Å². The maximum atomic E-state index is 12.0. The second-order valence-corrected chi connectivity index (χ2v) is 8.96. The number of fused-ring (bicyclic) bond motifs is 1. The van der Waals surface area contributed by atoms with Gasteiger partial charge < -0.3 is 24.3 Å². The lowest BCUT2D eigenvalue weighted by Crippen LogP contribution is -2.47. The Hall–Kier alpha value is -1.25. The fourth-order valence-corrected chi connectivity index (χ4v) is 4.19. The topological polar surface area (TPSA) is 83.1 Å². The number of rotatable bonds is 7. The van der Waals surface area contributed by atoms with Crippen molar-refractivity contribution >= 4 is 23.8 Å². The van der Waals surface area contributed by atoms with E-state index in [1.807, 2.05) is 20.8 Å². The Bertz CT molecular complexity index is 592. The number of unbranched alkanes of at least 4 members (excludes halogenated alkanes) is 1. The first-order valence-electron chi connectivity index (χ1n) is 9.04. The number of ether oxygens (including phenoxy) is 4. The molecule has 7 nitrogen and oxygen atoms in total. The summed E-state index contributed by atoms with van der Waals surface area (Å²) in [7, 11) is 0. The molecule has 2 fully saturated rings. The van der Waals surface area contributed by atoms with Crippen molar-refractivity contribution in [3.8, 4) is 0 Å². The third-order valence-corrected chi connectivity index (χ3v) is 5.92. The number of hydrogen-bond acceptors (Lipinski definition) is 7. The van der Waals surface area contributed by atoms with E-state index < -0.39 is 5.79 Å². The van der Waals surface area contributed by atoms with Crippen molar-refractivity contribution in [3.63, 3.8) is 0 Å². The summed E-state index contributed by atoms with van der Waals surface area (Å²) in [6, 6.07) is 0.0260. The molecule has 0 saturated carbocycles. The van der Waals surface area contributed by atoms with E-state index in [0.717, 1.165) is 35.7 Å². The van der Waals surface area contributed by atoms with Crippen molar-refractivity contribution < 1.29 is 28.5 Å². The quantitative estimate of drug-likeness (QED) is 0.533. The molecule has 1 atom stereocenters. The third-order valence-electron chi connectivity index (χ3n) is 4.66. The van der Waals surface area contributed by atoms with Crippen molar-refractivity contribution in [2.45, 2.75) is 58.3 Å². The summed E-state index contributed by atoms with van der Waals surface area (Å²) in [4.78, 5) is 24.3. The van der Waals surface area contributed by atoms with Gasteiger partial charge in [-0.1, -0.05) is 6.92 Å². The van der Waals surface area contributed by atoms with Crippen LogP contribution in [0.25, 0.3) is 0 Å². The highest BCUT2D eigenvalue weighted by Crippen LogP contribution is 2.38. The molecule has 0 radical (unpaired) electrons. The molecule has 0 aromatic heterocycles. The van der Waals surface area contributed by atoms with Crippen LogP contribution < -0.4 is 5.32 Å². The maximum absolute atomic E-state index is 12.0. The van der Waals surface area contributed by atoms with Gasteiger partial charge in [-0.3, -0.25) is 4.79 Å². The average molecular weight is 385 g/mol. The molecule has 0 aromatic rings. The molecule has 0 bridgehead atoms. The van der Waals surface area contributed by atoms with Crippen molar-refractivity contribution in [2.24, 2.45) is 5.41 Å². The highest BCUT2D eigenvalue weighted by atomic mass is 32.2. The van der Waals surface area contributed by atoms with Crippen LogP contribution in [0.5, 0.6) is 0 Å². The second kappa shape index (κ2) is 7.78. The second-order valence-electron chi connectivity index (χ2n) is 7.84. The molecule has 1 amide bonds. The number of nitrogens with one attached hydrogen (secondary N) is 1. The predicted molar refractivity (Wildman–Crippen MR) is 96.4 cm³/mol. The monoisotopic (exact) mass is 385 g/mol. The average Bonchev–Trinajstić information content (AvgIpc) is 3.13. The molecular weight excluding hydrogens is 358 g/mol. The maximum Gasteiger partial charge on any atom is 0.413 e. The van der Waals surface area contributed by atoms with Crippen LogP contribution in [0.1, 0.15) is 46.5 Å². The van der Waals surface area contributed by atoms with E-state index in [0.29, 0.717) is 26.2 Å². The van der Waals surface area contributed by atoms with Gasteiger partial charge in [0.2, 0.25) is 0 Å². The minimum Gasteiger partial charge on any atom is -0.465 e. The van der Waals surface area contributed by atoms with Crippen molar-refractivity contribution in [2.75, 3.05) is 25.6 Å². The zero-order valence-electron chi connectivity index (χ0n) is 15.6. The molecule has 3 aliphatic heterocycles. The molecule has 1 N–H and O–H groups in total. The van der Waals surface area contributed by atoms with Gasteiger partial charge in [-0.15, -0.1) is 11.8 Å². The summed E-state index contributed by atoms with van der Waals surface area (Å²) in [5, 5.41) is 2.78. The predicted octanol–water partition coefficient (Wildman–Crippen LogP) is 2.95. The van der Waals surface area contributed by atoms with Crippen molar-refractivity contribution in [1.29, 1.82) is 0 Å². The Balaban J connectivity index is 1.32. The van der Waals surface area contributed by atoms with E-state index in [9.17, 15) is 9.59 Å². The molecule has 3 heterocycles. The number of allylic oxidation sites excluding steroid dienone is 1. The molecule has 0 aliphatic carbocycles. The summed E-state index contributed by atoms with van der Waals surface area (Å²) in [5.41, 5.74) is -0.299. The van der Waals surface area contributed by atoms with Gasteiger partial charge in [0.05, 0.1) is 13.2 Å². The fraction of sp³-hybridized carbons (Fsp3) is 0.778. The number of amides is 1. The number of hydrogen-bond donors (Lipinski definition) is 1. The van der Waals surface area contributed by atoms with E-state index in [1.165, 1.54) is 0 Å². The zero-order chi connectivity index (χ0) is 18.8. The van der Waals surface area contributed by atoms with Crippen LogP contribution in [-0.2, 0) is 23.7 Å².